The molecule has 8 atom stereocenters. The Kier molecular flexibility index (Phi) is 41.4. The molecule has 1 saturated heterocycles. The first-order valence-electron chi connectivity index (χ1n) is 36.8. The Hall–Kier alpha value is -8.59. The smallest absolute Gasteiger partial charge is 0.407 e. The Balaban J connectivity index is 1.03. The zero-order valence-corrected chi connectivity index (χ0v) is 65.2. The Morgan fingerprint density at radius 3 is 1.89 bits per heavy atom. The number of halogens is 1. The number of anilines is 1. The van der Waals surface area contributed by atoms with Gasteiger partial charge < -0.3 is 98.4 Å². The van der Waals surface area contributed by atoms with E-state index in [-0.39, 0.29) is 116 Å². The van der Waals surface area contributed by atoms with E-state index in [9.17, 15) is 47.9 Å². The second kappa shape index (κ2) is 49.5. The second-order valence-electron chi connectivity index (χ2n) is 27.5. The Bertz CT molecular complexity index is 3400. The standard InChI is InChI=1S/C78H112ClN7O23/c1-12-31-105-68(90)27-30-86(67(89)28-32-99-35-36-101-39-40-103-43-44-104-42-41-102-38-37-100-34-33-97-10)29-26-66(88)85-69(52(4)5)74(93)82-54(7)72(91)83-59-23-18-56(19-24-59)49-106-77(96)80-48-55-16-21-58(22-17-55)71-70(109-71)53(6)62-14-13-15-65(87)84-61(47-57-20-25-63(98-11)60(79)46-57)73(92)81-50-78(8,9)76(95)108-64(45-51(2)3)75(94)107-62/h12-13,15-25,46,51-54,61-62,64,69-71H,1,14,26-45,47-50H2,2-11H3,(H,80,96)(H,81,92)(H,82,93)(H,83,91)(H,84,87)(H,85,88)/b15-13+/t53-,54-,61+,62-,64-,69-,70+,71+/m0/s1. The van der Waals surface area contributed by atoms with Crippen molar-refractivity contribution < 1.29 is 110 Å². The monoisotopic (exact) mass is 1550 g/mol. The van der Waals surface area contributed by atoms with E-state index < -0.39 is 107 Å². The Morgan fingerprint density at radius 2 is 1.30 bits per heavy atom. The Morgan fingerprint density at radius 1 is 0.706 bits per heavy atom. The van der Waals surface area contributed by atoms with Gasteiger partial charge in [0.1, 0.15) is 49.3 Å². The van der Waals surface area contributed by atoms with Crippen molar-refractivity contribution in [3.8, 4) is 5.75 Å². The molecule has 3 aromatic rings. The van der Waals surface area contributed by atoms with E-state index in [1.165, 1.54) is 31.1 Å². The molecule has 2 heterocycles. The maximum Gasteiger partial charge on any atom is 0.407 e. The predicted octanol–water partition coefficient (Wildman–Crippen LogP) is 6.61. The number of hydrogen-bond donors (Lipinski definition) is 6. The van der Waals surface area contributed by atoms with E-state index >= 15 is 0 Å². The average molecular weight is 1550 g/mol. The molecular formula is C78H112ClN7O23. The van der Waals surface area contributed by atoms with Crippen LogP contribution >= 0.6 is 11.6 Å². The Labute approximate surface area is 644 Å². The van der Waals surface area contributed by atoms with Gasteiger partial charge in [0.15, 0.2) is 6.10 Å². The van der Waals surface area contributed by atoms with E-state index in [2.05, 4.69) is 38.5 Å². The van der Waals surface area contributed by atoms with Gasteiger partial charge in [0.25, 0.3) is 0 Å². The molecule has 0 saturated carbocycles. The SMILES string of the molecule is C=CCOC(=O)CCN(CCC(=O)N[C@H](C(=O)N[C@@H](C)C(=O)Nc1ccc(COC(=O)NCc2ccc([C@H]3O[C@@H]3[C@@H](C)[C@@H]3C/C=C/C(=O)N[C@H](Cc4ccc(OC)c(Cl)c4)C(=O)NCC(C)(C)C(=O)O[C@@H](CC(C)C)C(=O)O3)cc2)cc1)C(C)C)C(=O)CCOCCOCCOCCOCCOCCOCCOC. The number of epoxide rings is 1. The van der Waals surface area contributed by atoms with Crippen LogP contribution < -0.4 is 36.6 Å². The number of hydrogen-bond acceptors (Lipinski definition) is 23. The van der Waals surface area contributed by atoms with E-state index in [4.69, 9.17) is 73.2 Å². The number of amides is 7. The van der Waals surface area contributed by atoms with Crippen molar-refractivity contribution in [2.24, 2.45) is 23.2 Å². The van der Waals surface area contributed by atoms with Crippen LogP contribution in [-0.2, 0) is 120 Å². The summed E-state index contributed by atoms with van der Waals surface area (Å²) in [6.45, 7) is 22.0. The second-order valence-corrected chi connectivity index (χ2v) is 27.9. The van der Waals surface area contributed by atoms with Gasteiger partial charge in [0.05, 0.1) is 122 Å². The molecule has 1 fully saturated rings. The highest BCUT2D eigenvalue weighted by Crippen LogP contribution is 2.45. The van der Waals surface area contributed by atoms with Crippen molar-refractivity contribution in [3.63, 3.8) is 0 Å². The summed E-state index contributed by atoms with van der Waals surface area (Å²) in [6, 6.07) is 15.8. The number of carbonyl (C=O) groups is 10. The lowest BCUT2D eigenvalue weighted by atomic mass is 9.92. The fourth-order valence-electron chi connectivity index (χ4n) is 10.8. The predicted molar refractivity (Wildman–Crippen MR) is 401 cm³/mol. The molecule has 31 heteroatoms. The number of ether oxygens (including phenoxy) is 13. The summed E-state index contributed by atoms with van der Waals surface area (Å²) in [6.07, 6.45) is 0.597. The van der Waals surface area contributed by atoms with Gasteiger partial charge in [-0.3, -0.25) is 38.4 Å². The van der Waals surface area contributed by atoms with Gasteiger partial charge in [-0.05, 0) is 91.6 Å². The van der Waals surface area contributed by atoms with E-state index in [0.717, 1.165) is 11.1 Å². The van der Waals surface area contributed by atoms with Crippen molar-refractivity contribution in [2.45, 2.75) is 150 Å². The zero-order valence-electron chi connectivity index (χ0n) is 64.5. The van der Waals surface area contributed by atoms with Gasteiger partial charge in [0.2, 0.25) is 35.4 Å². The van der Waals surface area contributed by atoms with Crippen LogP contribution in [0.1, 0.15) is 116 Å². The molecule has 0 aromatic heterocycles. The molecule has 0 bridgehead atoms. The van der Waals surface area contributed by atoms with Crippen molar-refractivity contribution in [1.29, 1.82) is 0 Å². The van der Waals surface area contributed by atoms with Gasteiger partial charge in [-0.15, -0.1) is 0 Å². The van der Waals surface area contributed by atoms with Gasteiger partial charge in [-0.25, -0.2) is 9.59 Å². The summed E-state index contributed by atoms with van der Waals surface area (Å²) >= 11 is 6.40. The van der Waals surface area contributed by atoms with Crippen LogP contribution in [0.2, 0.25) is 5.02 Å². The largest absolute Gasteiger partial charge is 0.495 e. The number of methoxy groups -OCH3 is 2. The summed E-state index contributed by atoms with van der Waals surface area (Å²) in [5.41, 5.74) is 1.95. The van der Waals surface area contributed by atoms with Crippen LogP contribution in [0.15, 0.2) is 91.5 Å². The van der Waals surface area contributed by atoms with Gasteiger partial charge in [-0.1, -0.05) is 107 Å². The molecular weight excluding hydrogens is 1440 g/mol. The summed E-state index contributed by atoms with van der Waals surface area (Å²) in [4.78, 5) is 135. The van der Waals surface area contributed by atoms with Crippen LogP contribution in [0.5, 0.6) is 5.75 Å². The normalized spacial score (nSPS) is 18.5. The number of cyclic esters (lactones) is 2. The first-order chi connectivity index (χ1) is 52.2. The molecule has 30 nitrogen and oxygen atoms in total. The minimum Gasteiger partial charge on any atom is -0.495 e. The van der Waals surface area contributed by atoms with Gasteiger partial charge in [-0.2, -0.15) is 0 Å². The molecule has 7 amide bonds. The van der Waals surface area contributed by atoms with Crippen LogP contribution in [-0.4, -0.2) is 227 Å². The van der Waals surface area contributed by atoms with E-state index in [0.29, 0.717) is 93.7 Å². The molecule has 2 aliphatic heterocycles. The number of benzene rings is 3. The van der Waals surface area contributed by atoms with Crippen molar-refractivity contribution in [1.82, 2.24) is 31.5 Å². The molecule has 0 aliphatic carbocycles. The number of nitrogens with one attached hydrogen (secondary N) is 6. The third-order valence-electron chi connectivity index (χ3n) is 17.3. The lowest BCUT2D eigenvalue weighted by Gasteiger charge is -2.29. The van der Waals surface area contributed by atoms with Crippen LogP contribution in [0.3, 0.4) is 0 Å². The highest BCUT2D eigenvalue weighted by Gasteiger charge is 2.48. The molecule has 3 aromatic carbocycles. The number of nitrogens with zero attached hydrogens (tertiary/aromatic N) is 1. The third kappa shape index (κ3) is 34.9. The molecule has 6 N–H and O–H groups in total. The van der Waals surface area contributed by atoms with Gasteiger partial charge >= 0.3 is 24.0 Å². The molecule has 0 radical (unpaired) electrons. The van der Waals surface area contributed by atoms with E-state index in [1.54, 1.807) is 83.3 Å². The van der Waals surface area contributed by atoms with Crippen LogP contribution in [0, 0.1) is 23.2 Å². The number of esters is 3. The molecule has 0 unspecified atom stereocenters. The summed E-state index contributed by atoms with van der Waals surface area (Å²) < 4.78 is 71.9. The summed E-state index contributed by atoms with van der Waals surface area (Å²) in [7, 11) is 3.10. The third-order valence-corrected chi connectivity index (χ3v) is 17.6. The van der Waals surface area contributed by atoms with Gasteiger partial charge in [0, 0.05) is 64.2 Å². The van der Waals surface area contributed by atoms with Crippen molar-refractivity contribution >= 4 is 76.7 Å². The minimum atomic E-state index is -1.29. The lowest BCUT2D eigenvalue weighted by molar-refractivity contribution is -0.179. The maximum absolute atomic E-state index is 14.0. The highest BCUT2D eigenvalue weighted by atomic mass is 35.5. The highest BCUT2D eigenvalue weighted by molar-refractivity contribution is 6.32. The molecule has 109 heavy (non-hydrogen) atoms. The van der Waals surface area contributed by atoms with Crippen LogP contribution in [0.4, 0.5) is 10.5 Å². The number of rotatable bonds is 47. The fraction of sp³-hybridized carbons (Fsp3) is 0.590. The fourth-order valence-corrected chi connectivity index (χ4v) is 11.1. The first-order valence-corrected chi connectivity index (χ1v) is 37.2. The summed E-state index contributed by atoms with van der Waals surface area (Å²) in [5.74, 6) is -5.70. The van der Waals surface area contributed by atoms with Crippen molar-refractivity contribution in [3.05, 3.63) is 119 Å². The molecule has 0 spiro atoms. The van der Waals surface area contributed by atoms with Crippen LogP contribution in [0.25, 0.3) is 0 Å². The molecule has 5 rings (SSSR count). The zero-order chi connectivity index (χ0) is 79.7. The molecule has 604 valence electrons. The lowest BCUT2D eigenvalue weighted by Crippen LogP contribution is -2.54. The van der Waals surface area contributed by atoms with Crippen molar-refractivity contribution in [2.75, 3.05) is 132 Å². The van der Waals surface area contributed by atoms with E-state index in [1.807, 2.05) is 45.0 Å². The quantitative estimate of drug-likeness (QED) is 0.0114. The topological polar surface area (TPSA) is 369 Å². The first kappa shape index (κ1) is 91.0. The average Bonchev–Trinajstić information content (AvgIpc) is 1.63. The minimum absolute atomic E-state index is 0.00307. The number of alkyl carbamates (subject to hydrolysis) is 1. The molecule has 2 aliphatic rings. The summed E-state index contributed by atoms with van der Waals surface area (Å²) in [5, 5.41) is 16.7. The maximum atomic E-state index is 14.0. The number of carbonyl (C=O) groups excluding carboxylic acids is 10.